The van der Waals surface area contributed by atoms with Crippen LogP contribution in [0.2, 0.25) is 5.02 Å². The number of hydrogen-bond acceptors (Lipinski definition) is 0. The van der Waals surface area contributed by atoms with Gasteiger partial charge in [-0.05, 0) is 57.2 Å². The minimum atomic E-state index is -1.26. The van der Waals surface area contributed by atoms with E-state index >= 15 is 0 Å². The van der Waals surface area contributed by atoms with Gasteiger partial charge in [0, 0.05) is 5.02 Å². The molecule has 32 heavy (non-hydrogen) atoms. The largest absolute Gasteiger partial charge is 0.156 e. The van der Waals surface area contributed by atoms with Crippen molar-refractivity contribution < 1.29 is 0 Å². The summed E-state index contributed by atoms with van der Waals surface area (Å²) < 4.78 is 0. The van der Waals surface area contributed by atoms with E-state index in [2.05, 4.69) is 104 Å². The fraction of sp³-hybridized carbons (Fsp3) is 0.400. The van der Waals surface area contributed by atoms with Gasteiger partial charge < -0.3 is 0 Å². The van der Waals surface area contributed by atoms with E-state index in [0.29, 0.717) is 23.7 Å². The molecule has 1 radical (unpaired) electrons. The van der Waals surface area contributed by atoms with Gasteiger partial charge in [0.1, 0.15) is 0 Å². The highest BCUT2D eigenvalue weighted by Crippen LogP contribution is 2.23. The molecule has 0 aliphatic heterocycles. The molecule has 0 amide bonds. The van der Waals surface area contributed by atoms with E-state index in [0.717, 1.165) is 5.02 Å². The van der Waals surface area contributed by atoms with Crippen molar-refractivity contribution in [2.24, 2.45) is 0 Å². The Hall–Kier alpha value is -1.83. The summed E-state index contributed by atoms with van der Waals surface area (Å²) in [6, 6.07) is 23.1. The third-order valence-corrected chi connectivity index (χ3v) is 9.54. The van der Waals surface area contributed by atoms with Gasteiger partial charge in [0.25, 0.3) is 0 Å². The van der Waals surface area contributed by atoms with E-state index in [4.69, 9.17) is 11.6 Å². The Morgan fingerprint density at radius 2 is 0.875 bits per heavy atom. The fourth-order valence-corrected chi connectivity index (χ4v) is 7.32. The molecule has 0 fully saturated rings. The van der Waals surface area contributed by atoms with Crippen molar-refractivity contribution in [3.63, 3.8) is 0 Å². The van der Waals surface area contributed by atoms with Gasteiger partial charge in [-0.15, -0.1) is 0 Å². The summed E-state index contributed by atoms with van der Waals surface area (Å²) in [6.45, 7) is 18.3. The lowest BCUT2D eigenvalue weighted by atomic mass is 9.96. The van der Waals surface area contributed by atoms with Crippen LogP contribution in [-0.4, -0.2) is 8.80 Å². The van der Waals surface area contributed by atoms with E-state index in [1.807, 2.05) is 12.1 Å². The molecule has 0 aromatic heterocycles. The average molecular weight is 462 g/mol. The molecule has 0 atom stereocenters. The van der Waals surface area contributed by atoms with Gasteiger partial charge in [0.05, 0.1) is 0 Å². The Labute approximate surface area is 202 Å². The second-order valence-corrected chi connectivity index (χ2v) is 13.1. The van der Waals surface area contributed by atoms with Crippen molar-refractivity contribution in [3.8, 4) is 0 Å². The van der Waals surface area contributed by atoms with Gasteiger partial charge in [-0.25, -0.2) is 0 Å². The Morgan fingerprint density at radius 1 is 0.531 bits per heavy atom. The summed E-state index contributed by atoms with van der Waals surface area (Å²) in [4.78, 5) is 0. The van der Waals surface area contributed by atoms with Crippen LogP contribution >= 0.6 is 11.6 Å². The summed E-state index contributed by atoms with van der Waals surface area (Å²) in [5.41, 5.74) is 5.68. The van der Waals surface area contributed by atoms with Crippen molar-refractivity contribution in [2.75, 3.05) is 0 Å². The first-order chi connectivity index (χ1) is 15.1. The van der Waals surface area contributed by atoms with Gasteiger partial charge in [-0.3, -0.25) is 0 Å². The van der Waals surface area contributed by atoms with Gasteiger partial charge in [-0.2, -0.15) is 0 Å². The van der Waals surface area contributed by atoms with Crippen LogP contribution in [0.5, 0.6) is 0 Å². The highest BCUT2D eigenvalue weighted by Gasteiger charge is 2.25. The Balaban J connectivity index is 2.34. The lowest BCUT2D eigenvalue weighted by Gasteiger charge is -2.24. The van der Waals surface area contributed by atoms with Crippen molar-refractivity contribution in [1.29, 1.82) is 0 Å². The smallest absolute Gasteiger partial charge is 0.0845 e. The van der Waals surface area contributed by atoms with Gasteiger partial charge >= 0.3 is 0 Å². The topological polar surface area (TPSA) is 0 Å². The molecule has 3 aromatic rings. The molecule has 0 bridgehead atoms. The summed E-state index contributed by atoms with van der Waals surface area (Å²) in [7, 11) is -1.26. The minimum absolute atomic E-state index is 0.496. The molecule has 0 unspecified atom stereocenters. The fourth-order valence-electron chi connectivity index (χ4n) is 4.12. The van der Waals surface area contributed by atoms with Crippen LogP contribution < -0.4 is 15.6 Å². The lowest BCUT2D eigenvalue weighted by Crippen LogP contribution is -2.53. The second kappa shape index (κ2) is 10.4. The molecule has 3 aromatic carbocycles. The van der Waals surface area contributed by atoms with Crippen LogP contribution in [0.1, 0.15) is 101 Å². The van der Waals surface area contributed by atoms with E-state index in [9.17, 15) is 0 Å². The quantitative estimate of drug-likeness (QED) is 0.255. The van der Waals surface area contributed by atoms with E-state index < -0.39 is 8.80 Å². The maximum Gasteiger partial charge on any atom is 0.156 e. The van der Waals surface area contributed by atoms with Crippen molar-refractivity contribution in [3.05, 3.63) is 87.9 Å². The van der Waals surface area contributed by atoms with Crippen LogP contribution in [0.3, 0.4) is 0 Å². The SMILES string of the molecule is CC(C)c1cc(C(C)C)cc([Si](c2cc(C(C)C)cc(C(C)C)c2)c2ccccc2Cl)c1. The highest BCUT2D eigenvalue weighted by molar-refractivity contribution is 6.96. The Kier molecular flexibility index (Phi) is 8.06. The molecule has 0 saturated heterocycles. The molecule has 169 valence electrons. The zero-order valence-corrected chi connectivity index (χ0v) is 22.7. The molecule has 0 saturated carbocycles. The maximum atomic E-state index is 6.85. The summed E-state index contributed by atoms with van der Waals surface area (Å²) in [5, 5.41) is 5.04. The predicted octanol–water partition coefficient (Wildman–Crippen LogP) is 7.35. The molecule has 2 heteroatoms. The normalized spacial score (nSPS) is 12.1. The molecular formula is C30H38ClSi. The molecule has 0 aliphatic rings. The first kappa shape index (κ1) is 24.8. The van der Waals surface area contributed by atoms with Crippen LogP contribution in [0.4, 0.5) is 0 Å². The van der Waals surface area contributed by atoms with Crippen LogP contribution in [-0.2, 0) is 0 Å². The van der Waals surface area contributed by atoms with E-state index in [1.54, 1.807) is 0 Å². The highest BCUT2D eigenvalue weighted by atomic mass is 35.5. The number of rotatable bonds is 7. The molecular weight excluding hydrogens is 424 g/mol. The number of halogens is 1. The van der Waals surface area contributed by atoms with Gasteiger partial charge in [0.2, 0.25) is 0 Å². The monoisotopic (exact) mass is 461 g/mol. The van der Waals surface area contributed by atoms with Gasteiger partial charge in [0.15, 0.2) is 8.80 Å². The standard InChI is InChI=1S/C30H38ClSi/c1-19(2)23-13-24(20(3)4)16-27(15-23)32(30-12-10-9-11-29(30)31)28-17-25(21(5)6)14-26(18-28)22(7)8/h9-22H,1-8H3. The summed E-state index contributed by atoms with van der Waals surface area (Å²) in [6.07, 6.45) is 0. The minimum Gasteiger partial charge on any atom is -0.0845 e. The van der Waals surface area contributed by atoms with E-state index in [-0.39, 0.29) is 0 Å². The van der Waals surface area contributed by atoms with E-state index in [1.165, 1.54) is 37.8 Å². The van der Waals surface area contributed by atoms with Crippen molar-refractivity contribution in [2.45, 2.75) is 79.1 Å². The van der Waals surface area contributed by atoms with Crippen LogP contribution in [0.15, 0.2) is 60.7 Å². The van der Waals surface area contributed by atoms with Crippen LogP contribution in [0.25, 0.3) is 0 Å². The predicted molar refractivity (Wildman–Crippen MR) is 145 cm³/mol. The zero-order valence-electron chi connectivity index (χ0n) is 21.0. The second-order valence-electron chi connectivity index (χ2n) is 10.3. The first-order valence-corrected chi connectivity index (χ1v) is 13.9. The third-order valence-electron chi connectivity index (χ3n) is 6.34. The van der Waals surface area contributed by atoms with Crippen LogP contribution in [0, 0.1) is 0 Å². The summed E-state index contributed by atoms with van der Waals surface area (Å²) in [5.74, 6) is 1.98. The third kappa shape index (κ3) is 5.56. The molecule has 0 spiro atoms. The molecule has 0 N–H and O–H groups in total. The van der Waals surface area contributed by atoms with Crippen molar-refractivity contribution >= 4 is 36.0 Å². The Bertz CT molecular complexity index is 946. The first-order valence-electron chi connectivity index (χ1n) is 12.0. The average Bonchev–Trinajstić information content (AvgIpc) is 2.74. The van der Waals surface area contributed by atoms with Crippen molar-refractivity contribution in [1.82, 2.24) is 0 Å². The lowest BCUT2D eigenvalue weighted by molar-refractivity contribution is 0.835. The Morgan fingerprint density at radius 3 is 1.19 bits per heavy atom. The maximum absolute atomic E-state index is 6.85. The molecule has 3 rings (SSSR count). The summed E-state index contributed by atoms with van der Waals surface area (Å²) >= 11 is 6.85. The molecule has 0 nitrogen and oxygen atoms in total. The molecule has 0 aliphatic carbocycles. The zero-order chi connectivity index (χ0) is 23.6. The molecule has 0 heterocycles. The van der Waals surface area contributed by atoms with Gasteiger partial charge in [-0.1, -0.05) is 132 Å². The number of hydrogen-bond donors (Lipinski definition) is 0. The number of benzene rings is 3.